The topological polar surface area (TPSA) is 30.2 Å². The van der Waals surface area contributed by atoms with Crippen molar-refractivity contribution in [2.24, 2.45) is 0 Å². The highest BCUT2D eigenvalue weighted by Crippen LogP contribution is 2.36. The van der Waals surface area contributed by atoms with E-state index in [0.717, 1.165) is 0 Å². The van der Waals surface area contributed by atoms with Gasteiger partial charge in [-0.1, -0.05) is 52.5 Å². The van der Waals surface area contributed by atoms with Gasteiger partial charge in [-0.3, -0.25) is 0 Å². The van der Waals surface area contributed by atoms with Crippen LogP contribution in [-0.4, -0.2) is 0 Å². The monoisotopic (exact) mass is 372 g/mol. The Bertz CT molecular complexity index is 960. The van der Waals surface area contributed by atoms with E-state index in [0.29, 0.717) is 42.7 Å². The van der Waals surface area contributed by atoms with E-state index < -0.39 is 5.63 Å². The van der Waals surface area contributed by atoms with Crippen molar-refractivity contribution in [2.75, 3.05) is 0 Å². The average Bonchev–Trinajstić information content (AvgIpc) is 2.42. The Labute approximate surface area is 146 Å². The first-order chi connectivity index (χ1) is 10.4. The predicted molar refractivity (Wildman–Crippen MR) is 92.7 cm³/mol. The lowest BCUT2D eigenvalue weighted by atomic mass is 9.99. The molecule has 0 atom stereocenters. The summed E-state index contributed by atoms with van der Waals surface area (Å²) < 4.78 is 5.36. The van der Waals surface area contributed by atoms with Crippen LogP contribution in [0.2, 0.25) is 20.1 Å². The third-order valence-corrected chi connectivity index (χ3v) is 4.43. The lowest BCUT2D eigenvalue weighted by Gasteiger charge is -2.10. The number of fused-ring (bicyclic) bond motifs is 1. The van der Waals surface area contributed by atoms with Crippen molar-refractivity contribution in [1.82, 2.24) is 0 Å². The molecular formula is C16H8Cl4O2. The van der Waals surface area contributed by atoms with Crippen molar-refractivity contribution in [3.05, 3.63) is 66.4 Å². The van der Waals surface area contributed by atoms with Crippen LogP contribution in [0, 0.1) is 6.92 Å². The maximum absolute atomic E-state index is 12.4. The van der Waals surface area contributed by atoms with E-state index in [2.05, 4.69) is 0 Å². The lowest BCUT2D eigenvalue weighted by molar-refractivity contribution is 0.562. The Morgan fingerprint density at radius 1 is 0.909 bits per heavy atom. The average molecular weight is 374 g/mol. The SMILES string of the molecule is Cc1c(-c2ccc(Cl)cc2Cl)c(=O)oc2c(Cl)cc(Cl)cc12. The minimum absolute atomic E-state index is 0.288. The minimum atomic E-state index is -0.515. The Morgan fingerprint density at radius 2 is 1.59 bits per heavy atom. The molecule has 3 aromatic rings. The molecular weight excluding hydrogens is 366 g/mol. The zero-order chi connectivity index (χ0) is 16.0. The molecule has 0 radical (unpaired) electrons. The van der Waals surface area contributed by atoms with Crippen molar-refractivity contribution < 1.29 is 4.42 Å². The van der Waals surface area contributed by atoms with Gasteiger partial charge in [0.25, 0.3) is 0 Å². The molecule has 0 spiro atoms. The first-order valence-corrected chi connectivity index (χ1v) is 7.77. The molecule has 2 nitrogen and oxygen atoms in total. The molecule has 1 aromatic heterocycles. The molecule has 3 rings (SSSR count). The fourth-order valence-corrected chi connectivity index (χ4v) is 3.41. The Kier molecular flexibility index (Phi) is 4.13. The fourth-order valence-electron chi connectivity index (χ4n) is 2.38. The summed E-state index contributed by atoms with van der Waals surface area (Å²) in [6, 6.07) is 8.16. The van der Waals surface area contributed by atoms with Gasteiger partial charge in [-0.05, 0) is 36.8 Å². The van der Waals surface area contributed by atoms with Gasteiger partial charge in [0.15, 0.2) is 5.58 Å². The van der Waals surface area contributed by atoms with Crippen molar-refractivity contribution >= 4 is 57.4 Å². The molecule has 0 bridgehead atoms. The van der Waals surface area contributed by atoms with Crippen molar-refractivity contribution in [3.63, 3.8) is 0 Å². The summed E-state index contributed by atoms with van der Waals surface area (Å²) in [6.45, 7) is 1.80. The summed E-state index contributed by atoms with van der Waals surface area (Å²) in [5, 5.41) is 2.27. The van der Waals surface area contributed by atoms with Gasteiger partial charge < -0.3 is 4.42 Å². The van der Waals surface area contributed by atoms with E-state index in [1.54, 1.807) is 31.2 Å². The summed E-state index contributed by atoms with van der Waals surface area (Å²) >= 11 is 24.2. The summed E-state index contributed by atoms with van der Waals surface area (Å²) in [5.41, 5.74) is 1.41. The van der Waals surface area contributed by atoms with Crippen LogP contribution in [0.4, 0.5) is 0 Å². The summed E-state index contributed by atoms with van der Waals surface area (Å²) in [6.07, 6.45) is 0. The van der Waals surface area contributed by atoms with Crippen molar-refractivity contribution in [1.29, 1.82) is 0 Å². The zero-order valence-corrected chi connectivity index (χ0v) is 14.2. The van der Waals surface area contributed by atoms with Crippen LogP contribution in [0.1, 0.15) is 5.56 Å². The molecule has 0 aliphatic heterocycles. The van der Waals surface area contributed by atoms with E-state index in [4.69, 9.17) is 50.8 Å². The van der Waals surface area contributed by atoms with Crippen LogP contribution in [0.25, 0.3) is 22.1 Å². The number of halogens is 4. The molecule has 0 unspecified atom stereocenters. The lowest BCUT2D eigenvalue weighted by Crippen LogP contribution is -2.06. The summed E-state index contributed by atoms with van der Waals surface area (Å²) in [7, 11) is 0. The standard InChI is InChI=1S/C16H8Cl4O2/c1-7-11-4-9(18)6-13(20)15(11)22-16(21)14(7)10-3-2-8(17)5-12(10)19/h2-6H,1H3. The Morgan fingerprint density at radius 3 is 2.27 bits per heavy atom. The predicted octanol–water partition coefficient (Wildman–Crippen LogP) is 6.38. The van der Waals surface area contributed by atoms with E-state index in [-0.39, 0.29) is 5.02 Å². The molecule has 0 aliphatic carbocycles. The second-order valence-electron chi connectivity index (χ2n) is 4.78. The van der Waals surface area contributed by atoms with E-state index in [9.17, 15) is 4.79 Å². The largest absolute Gasteiger partial charge is 0.421 e. The zero-order valence-electron chi connectivity index (χ0n) is 11.2. The van der Waals surface area contributed by atoms with Crippen LogP contribution in [-0.2, 0) is 0 Å². The number of hydrogen-bond acceptors (Lipinski definition) is 2. The molecule has 112 valence electrons. The van der Waals surface area contributed by atoms with Crippen molar-refractivity contribution in [2.45, 2.75) is 6.92 Å². The molecule has 1 heterocycles. The number of rotatable bonds is 1. The van der Waals surface area contributed by atoms with Gasteiger partial charge in [-0.15, -0.1) is 0 Å². The fraction of sp³-hybridized carbons (Fsp3) is 0.0625. The Balaban J connectivity index is 2.43. The van der Waals surface area contributed by atoms with Crippen molar-refractivity contribution in [3.8, 4) is 11.1 Å². The second kappa shape index (κ2) is 5.78. The molecule has 0 fully saturated rings. The van der Waals surface area contributed by atoms with Crippen LogP contribution in [0.3, 0.4) is 0 Å². The quantitative estimate of drug-likeness (QED) is 0.463. The highest BCUT2D eigenvalue weighted by atomic mass is 35.5. The highest BCUT2D eigenvalue weighted by molar-refractivity contribution is 6.38. The smallest absolute Gasteiger partial charge is 0.344 e. The summed E-state index contributed by atoms with van der Waals surface area (Å²) in [5.74, 6) is 0. The normalized spacial score (nSPS) is 11.1. The molecule has 2 aromatic carbocycles. The molecule has 6 heteroatoms. The van der Waals surface area contributed by atoms with Gasteiger partial charge in [0, 0.05) is 21.0 Å². The maximum Gasteiger partial charge on any atom is 0.344 e. The molecule has 0 amide bonds. The number of aryl methyl sites for hydroxylation is 1. The highest BCUT2D eigenvalue weighted by Gasteiger charge is 2.17. The van der Waals surface area contributed by atoms with Crippen LogP contribution >= 0.6 is 46.4 Å². The first-order valence-electron chi connectivity index (χ1n) is 6.26. The maximum atomic E-state index is 12.4. The van der Waals surface area contributed by atoms with Gasteiger partial charge in [0.1, 0.15) is 0 Å². The molecule has 22 heavy (non-hydrogen) atoms. The van der Waals surface area contributed by atoms with Crippen LogP contribution in [0.5, 0.6) is 0 Å². The van der Waals surface area contributed by atoms with Gasteiger partial charge in [0.2, 0.25) is 0 Å². The van der Waals surface area contributed by atoms with Gasteiger partial charge in [-0.25, -0.2) is 4.79 Å². The molecule has 0 N–H and O–H groups in total. The third kappa shape index (κ3) is 2.61. The van der Waals surface area contributed by atoms with Gasteiger partial charge in [-0.2, -0.15) is 0 Å². The molecule has 0 saturated heterocycles. The van der Waals surface area contributed by atoms with Gasteiger partial charge >= 0.3 is 5.63 Å². The van der Waals surface area contributed by atoms with E-state index in [1.165, 1.54) is 6.07 Å². The first kappa shape index (κ1) is 15.7. The van der Waals surface area contributed by atoms with Gasteiger partial charge in [0.05, 0.1) is 15.6 Å². The molecule has 0 aliphatic rings. The third-order valence-electron chi connectivity index (χ3n) is 3.39. The second-order valence-corrected chi connectivity index (χ2v) is 6.47. The summed E-state index contributed by atoms with van der Waals surface area (Å²) in [4.78, 5) is 12.4. The van der Waals surface area contributed by atoms with E-state index >= 15 is 0 Å². The van der Waals surface area contributed by atoms with Crippen LogP contribution < -0.4 is 5.63 Å². The van der Waals surface area contributed by atoms with E-state index in [1.807, 2.05) is 0 Å². The molecule has 0 saturated carbocycles. The number of hydrogen-bond donors (Lipinski definition) is 0. The number of benzene rings is 2. The Hall–Kier alpha value is -1.19. The minimum Gasteiger partial charge on any atom is -0.421 e. The van der Waals surface area contributed by atoms with Crippen LogP contribution in [0.15, 0.2) is 39.5 Å².